The van der Waals surface area contributed by atoms with Gasteiger partial charge >= 0.3 is 63.5 Å². The minimum Gasteiger partial charge on any atom is 1.00 e. The van der Waals surface area contributed by atoms with Crippen molar-refractivity contribution in [3.05, 3.63) is 0 Å². The minimum atomic E-state index is -5.42. The van der Waals surface area contributed by atoms with Crippen LogP contribution in [0.3, 0.4) is 0 Å². The van der Waals surface area contributed by atoms with Gasteiger partial charge in [0.1, 0.15) is 0 Å². The Kier molecular flexibility index (Phi) is 2.17. The van der Waals surface area contributed by atoms with Crippen molar-refractivity contribution in [1.82, 2.24) is 0 Å². The fourth-order valence-corrected chi connectivity index (χ4v) is 0. The Labute approximate surface area is 62.6 Å². The fraction of sp³-hybridized carbons (Fsp3) is 0. The Balaban J connectivity index is 0. The van der Waals surface area contributed by atoms with Crippen LogP contribution in [0.2, 0.25) is 0 Å². The predicted molar refractivity (Wildman–Crippen MR) is 42.0 cm³/mol. The Hall–Kier alpha value is 2.56. The van der Waals surface area contributed by atoms with Gasteiger partial charge in [0.25, 0.3) is 0 Å². The zero-order valence-electron chi connectivity index (χ0n) is 3.72. The molecule has 48 valence electrons. The molecule has 7 heavy (non-hydrogen) atoms. The van der Waals surface area contributed by atoms with E-state index in [0.717, 1.165) is 0 Å². The van der Waals surface area contributed by atoms with Crippen LogP contribution in [0.15, 0.2) is 0 Å². The van der Waals surface area contributed by atoms with Crippen LogP contribution in [0.25, 0.3) is 0 Å². The second kappa shape index (κ2) is 1.59. The Bertz CT molecular complexity index is 67.1. The van der Waals surface area contributed by atoms with Gasteiger partial charge in [0.2, 0.25) is 0 Å². The molecule has 0 heterocycles. The predicted octanol–water partition coefficient (Wildman–Crippen LogP) is 3.87. The van der Waals surface area contributed by atoms with Gasteiger partial charge in [-0.25, -0.2) is 0 Å². The number of halogens is 6. The third-order valence-electron chi connectivity index (χ3n) is 0. The molecule has 0 aliphatic carbocycles. The molecule has 0 amide bonds. The van der Waals surface area contributed by atoms with Crippen molar-refractivity contribution in [2.24, 2.45) is 0 Å². The van der Waals surface area contributed by atoms with Crippen LogP contribution in [0.4, 0.5) is 0 Å². The summed E-state index contributed by atoms with van der Waals surface area (Å²) in [5, 5.41) is 0. The van der Waals surface area contributed by atoms with E-state index < -0.39 is 9.14 Å². The molecule has 0 fully saturated rings. The van der Waals surface area contributed by atoms with E-state index in [9.17, 15) is 0 Å². The summed E-state index contributed by atoms with van der Waals surface area (Å²) in [6, 6.07) is 0. The largest absolute Gasteiger partial charge is 1.00 e. The third kappa shape index (κ3) is 56.2. The first-order chi connectivity index (χ1) is 2.45. The van der Waals surface area contributed by atoms with Gasteiger partial charge in [0, 0.05) is 0 Å². The van der Waals surface area contributed by atoms with Gasteiger partial charge in [0.05, 0.1) is 0 Å². The van der Waals surface area contributed by atoms with Crippen molar-refractivity contribution in [3.8, 4) is 0 Å². The van der Waals surface area contributed by atoms with Gasteiger partial charge < -0.3 is 0 Å². The molecule has 7 heteroatoms. The average Bonchev–Trinajstić information content (AvgIpc) is 0.592. The summed E-state index contributed by atoms with van der Waals surface area (Å²) in [6.45, 7) is 0. The zero-order chi connectivity index (χ0) is 6.41. The van der Waals surface area contributed by atoms with Gasteiger partial charge in [-0.3, -0.25) is 0 Å². The molecular weight excluding hydrogens is 334 g/mol. The Morgan fingerprint density at radius 1 is 0.714 bits per heavy atom. The molecule has 0 spiro atoms. The number of hydrogen-bond donors (Lipinski definition) is 0. The van der Waals surface area contributed by atoms with Crippen molar-refractivity contribution >= 4 is 62.1 Å². The van der Waals surface area contributed by atoms with Crippen LogP contribution in [0.1, 0.15) is 1.43 Å². The molecule has 0 saturated carbocycles. The van der Waals surface area contributed by atoms with Crippen molar-refractivity contribution in [2.45, 2.75) is 0 Å². The molecule has 0 radical (unpaired) electrons. The van der Waals surface area contributed by atoms with Gasteiger partial charge in [-0.15, -0.1) is 0 Å². The molecule has 0 atom stereocenters. The third-order valence-corrected chi connectivity index (χ3v) is 0. The zero-order valence-corrected chi connectivity index (χ0v) is 9.80. The van der Waals surface area contributed by atoms with E-state index in [-0.39, 0.29) is 1.43 Å². The first-order valence-corrected chi connectivity index (χ1v) is 20.4. The second-order valence-electron chi connectivity index (χ2n) is 0.958. The molecule has 0 rings (SSSR count). The van der Waals surface area contributed by atoms with Crippen LogP contribution in [0.5, 0.6) is 0 Å². The van der Waals surface area contributed by atoms with E-state index in [4.69, 9.17) is 53.0 Å². The van der Waals surface area contributed by atoms with E-state index in [1.54, 1.807) is 0 Å². The molecule has 0 aromatic carbocycles. The first-order valence-electron chi connectivity index (χ1n) is 1.01. The van der Waals surface area contributed by atoms with Gasteiger partial charge in [-0.1, -0.05) is 0 Å². The van der Waals surface area contributed by atoms with Crippen molar-refractivity contribution in [3.63, 3.8) is 0 Å². The van der Waals surface area contributed by atoms with Crippen LogP contribution in [-0.2, 0) is 0 Å². The maximum absolute atomic E-state index is 5.42. The Morgan fingerprint density at radius 3 is 0.714 bits per heavy atom. The quantitative estimate of drug-likeness (QED) is 0.590. The fourth-order valence-electron chi connectivity index (χ4n) is 0. The second-order valence-corrected chi connectivity index (χ2v) is 57.9. The molecule has 0 unspecified atom stereocenters. The van der Waals surface area contributed by atoms with Crippen LogP contribution >= 0.6 is 53.0 Å². The SMILES string of the molecule is [Cl][Sb-]([Cl])([Cl])([Cl])([Cl])[Cl].[H+]. The molecule has 0 nitrogen and oxygen atoms in total. The van der Waals surface area contributed by atoms with E-state index in [1.807, 2.05) is 0 Å². The maximum Gasteiger partial charge on any atom is 1.00 e. The van der Waals surface area contributed by atoms with E-state index in [2.05, 4.69) is 0 Å². The number of rotatable bonds is 0. The topological polar surface area (TPSA) is 0 Å². The molecule has 0 aliphatic rings. The van der Waals surface area contributed by atoms with Gasteiger partial charge in [-0.05, 0) is 0 Å². The van der Waals surface area contributed by atoms with Crippen LogP contribution < -0.4 is 0 Å². The summed E-state index contributed by atoms with van der Waals surface area (Å²) in [6.07, 6.45) is 0. The average molecular weight is 335 g/mol. The summed E-state index contributed by atoms with van der Waals surface area (Å²) >= 11 is 0. The van der Waals surface area contributed by atoms with E-state index >= 15 is 0 Å². The summed E-state index contributed by atoms with van der Waals surface area (Å²) in [5.41, 5.74) is 0. The minimum absolute atomic E-state index is 0. The monoisotopic (exact) mass is 332 g/mol. The first kappa shape index (κ1) is 9.56. The molecule has 0 N–H and O–H groups in total. The summed E-state index contributed by atoms with van der Waals surface area (Å²) in [7, 11) is 25.0. The Morgan fingerprint density at radius 2 is 0.714 bits per heavy atom. The van der Waals surface area contributed by atoms with Crippen LogP contribution in [0, 0.1) is 0 Å². The van der Waals surface area contributed by atoms with Crippen molar-refractivity contribution in [1.29, 1.82) is 0 Å². The molecule has 0 aromatic heterocycles. The number of hydrogen-bond acceptors (Lipinski definition) is 0. The molecule has 0 aliphatic heterocycles. The standard InChI is InChI=1S/6ClH.Sb/h6*1H;/q;;;;;;+5/p-5. The van der Waals surface area contributed by atoms with Crippen molar-refractivity contribution < 1.29 is 1.43 Å². The summed E-state index contributed by atoms with van der Waals surface area (Å²) in [4.78, 5) is 0. The normalized spacial score (nSPS) is 23.1. The van der Waals surface area contributed by atoms with Crippen LogP contribution in [-0.4, -0.2) is 9.14 Å². The molecular formula is HCl6Sb. The maximum atomic E-state index is 5.06. The smallest absolute Gasteiger partial charge is 1.00 e. The van der Waals surface area contributed by atoms with E-state index in [0.29, 0.717) is 0 Å². The summed E-state index contributed by atoms with van der Waals surface area (Å²) < 4.78 is 0. The van der Waals surface area contributed by atoms with E-state index in [1.165, 1.54) is 0 Å². The molecule has 0 saturated heterocycles. The van der Waals surface area contributed by atoms with Gasteiger partial charge in [-0.2, -0.15) is 0 Å². The van der Waals surface area contributed by atoms with Crippen molar-refractivity contribution in [2.75, 3.05) is 0 Å². The van der Waals surface area contributed by atoms with Gasteiger partial charge in [0.15, 0.2) is 0 Å². The summed E-state index contributed by atoms with van der Waals surface area (Å²) in [5.74, 6) is 0. The molecule has 0 aromatic rings. The molecule has 0 bridgehead atoms.